The summed E-state index contributed by atoms with van der Waals surface area (Å²) in [6, 6.07) is 0.312. The average Bonchev–Trinajstić information content (AvgIpc) is 3.13. The summed E-state index contributed by atoms with van der Waals surface area (Å²) in [6.07, 6.45) is 6.91. The summed E-state index contributed by atoms with van der Waals surface area (Å²) in [7, 11) is 1.81. The number of halogens is 1. The molecule has 1 atom stereocenters. The monoisotopic (exact) mass is 479 g/mol. The second-order valence-electron chi connectivity index (χ2n) is 7.27. The first kappa shape index (κ1) is 23.5. The Hall–Kier alpha value is -0.570. The zero-order valence-corrected chi connectivity index (χ0v) is 19.1. The number of guanidine groups is 1. The van der Waals surface area contributed by atoms with E-state index in [-0.39, 0.29) is 29.9 Å². The van der Waals surface area contributed by atoms with Crippen LogP contribution in [0.5, 0.6) is 0 Å². The van der Waals surface area contributed by atoms with Gasteiger partial charge in [-0.15, -0.1) is 24.0 Å². The highest BCUT2D eigenvalue weighted by molar-refractivity contribution is 14.0. The van der Waals surface area contributed by atoms with E-state index in [1.165, 1.54) is 19.3 Å². The summed E-state index contributed by atoms with van der Waals surface area (Å²) in [5, 5.41) is 6.89. The van der Waals surface area contributed by atoms with Crippen LogP contribution in [0, 0.1) is 5.92 Å². The van der Waals surface area contributed by atoms with Gasteiger partial charge in [0.2, 0.25) is 5.91 Å². The van der Waals surface area contributed by atoms with Gasteiger partial charge in [0.05, 0.1) is 0 Å². The zero-order chi connectivity index (χ0) is 18.1. The molecule has 2 N–H and O–H groups in total. The smallest absolute Gasteiger partial charge is 0.225 e. The summed E-state index contributed by atoms with van der Waals surface area (Å²) in [5.74, 6) is 1.51. The van der Waals surface area contributed by atoms with Crippen LogP contribution in [-0.2, 0) is 4.79 Å². The van der Waals surface area contributed by atoms with Gasteiger partial charge in [-0.05, 0) is 32.4 Å². The van der Waals surface area contributed by atoms with E-state index in [2.05, 4.69) is 39.3 Å². The van der Waals surface area contributed by atoms with Crippen molar-refractivity contribution in [2.75, 3.05) is 46.3 Å². The molecule has 2 rings (SSSR count). The van der Waals surface area contributed by atoms with Crippen molar-refractivity contribution in [1.29, 1.82) is 0 Å². The molecule has 1 aliphatic heterocycles. The van der Waals surface area contributed by atoms with Gasteiger partial charge in [0.25, 0.3) is 0 Å². The van der Waals surface area contributed by atoms with Gasteiger partial charge >= 0.3 is 0 Å². The summed E-state index contributed by atoms with van der Waals surface area (Å²) in [4.78, 5) is 21.4. The number of likely N-dealkylation sites (tertiary alicyclic amines) is 1. The third-order valence-corrected chi connectivity index (χ3v) is 5.63. The Bertz CT molecular complexity index is 436. The van der Waals surface area contributed by atoms with Crippen molar-refractivity contribution in [3.63, 3.8) is 0 Å². The standard InChI is InChI=1S/C19H37N5O.HI/c1-4-23(5-2)14-12-21-19(20-3)22-17-11-13-24(15-17)18(25)16-9-7-6-8-10-16;/h16-17H,4-15H2,1-3H3,(H2,20,21,22);1H. The Morgan fingerprint density at radius 3 is 2.46 bits per heavy atom. The molecule has 2 aliphatic rings. The fourth-order valence-electron chi connectivity index (χ4n) is 3.95. The topological polar surface area (TPSA) is 60.0 Å². The first-order valence-corrected chi connectivity index (χ1v) is 10.2. The Balaban J connectivity index is 0.00000338. The van der Waals surface area contributed by atoms with Crippen LogP contribution >= 0.6 is 24.0 Å². The van der Waals surface area contributed by atoms with Gasteiger partial charge in [-0.1, -0.05) is 33.1 Å². The lowest BCUT2D eigenvalue weighted by Gasteiger charge is -2.26. The second kappa shape index (κ2) is 12.8. The number of amides is 1. The molecule has 0 spiro atoms. The predicted octanol–water partition coefficient (Wildman–Crippen LogP) is 2.29. The van der Waals surface area contributed by atoms with Crippen LogP contribution in [0.3, 0.4) is 0 Å². The molecule has 0 bridgehead atoms. The van der Waals surface area contributed by atoms with Crippen molar-refractivity contribution in [2.45, 2.75) is 58.4 Å². The molecule has 152 valence electrons. The average molecular weight is 479 g/mol. The van der Waals surface area contributed by atoms with E-state index in [1.807, 2.05) is 7.05 Å². The van der Waals surface area contributed by atoms with Gasteiger partial charge in [0.1, 0.15) is 0 Å². The van der Waals surface area contributed by atoms with Crippen molar-refractivity contribution in [3.05, 3.63) is 0 Å². The Kier molecular flexibility index (Phi) is 11.5. The van der Waals surface area contributed by atoms with Crippen molar-refractivity contribution in [1.82, 2.24) is 20.4 Å². The van der Waals surface area contributed by atoms with E-state index in [9.17, 15) is 4.79 Å². The first-order chi connectivity index (χ1) is 12.2. The molecule has 26 heavy (non-hydrogen) atoms. The van der Waals surface area contributed by atoms with Crippen molar-refractivity contribution >= 4 is 35.8 Å². The highest BCUT2D eigenvalue weighted by Crippen LogP contribution is 2.26. The third-order valence-electron chi connectivity index (χ3n) is 5.63. The molecule has 1 heterocycles. The summed E-state index contributed by atoms with van der Waals surface area (Å²) >= 11 is 0. The minimum atomic E-state index is 0. The molecule has 6 nitrogen and oxygen atoms in total. The SMILES string of the molecule is CCN(CC)CCNC(=NC)NC1CCN(C(=O)C2CCCCC2)C1.I. The molecule has 0 radical (unpaired) electrons. The largest absolute Gasteiger partial charge is 0.355 e. The Labute approximate surface area is 176 Å². The summed E-state index contributed by atoms with van der Waals surface area (Å²) in [5.41, 5.74) is 0. The molecule has 1 saturated carbocycles. The number of rotatable bonds is 7. The molecule has 1 aliphatic carbocycles. The lowest BCUT2D eigenvalue weighted by atomic mass is 9.88. The van der Waals surface area contributed by atoms with Gasteiger partial charge < -0.3 is 20.4 Å². The molecule has 1 unspecified atom stereocenters. The number of hydrogen-bond donors (Lipinski definition) is 2. The molecule has 1 saturated heterocycles. The molecule has 0 aromatic heterocycles. The summed E-state index contributed by atoms with van der Waals surface area (Å²) < 4.78 is 0. The lowest BCUT2D eigenvalue weighted by Crippen LogP contribution is -2.47. The minimum Gasteiger partial charge on any atom is -0.355 e. The van der Waals surface area contributed by atoms with Crippen LogP contribution in [0.2, 0.25) is 0 Å². The van der Waals surface area contributed by atoms with Gasteiger partial charge in [0.15, 0.2) is 5.96 Å². The quantitative estimate of drug-likeness (QED) is 0.334. The van der Waals surface area contributed by atoms with Crippen molar-refractivity contribution in [3.8, 4) is 0 Å². The molecular weight excluding hydrogens is 441 g/mol. The highest BCUT2D eigenvalue weighted by atomic mass is 127. The first-order valence-electron chi connectivity index (χ1n) is 10.2. The fraction of sp³-hybridized carbons (Fsp3) is 0.895. The molecule has 0 aromatic rings. The second-order valence-corrected chi connectivity index (χ2v) is 7.27. The Morgan fingerprint density at radius 1 is 1.15 bits per heavy atom. The fourth-order valence-corrected chi connectivity index (χ4v) is 3.95. The van der Waals surface area contributed by atoms with Gasteiger partial charge in [-0.3, -0.25) is 9.79 Å². The van der Waals surface area contributed by atoms with E-state index in [1.54, 1.807) is 0 Å². The van der Waals surface area contributed by atoms with Crippen LogP contribution < -0.4 is 10.6 Å². The number of aliphatic imine (C=N–C) groups is 1. The van der Waals surface area contributed by atoms with Gasteiger partial charge in [-0.25, -0.2) is 0 Å². The normalized spacial score (nSPS) is 21.6. The van der Waals surface area contributed by atoms with Crippen molar-refractivity contribution < 1.29 is 4.79 Å². The van der Waals surface area contributed by atoms with Crippen LogP contribution in [0.1, 0.15) is 52.4 Å². The van der Waals surface area contributed by atoms with Crippen LogP contribution in [-0.4, -0.2) is 74.0 Å². The van der Waals surface area contributed by atoms with Crippen molar-refractivity contribution in [2.24, 2.45) is 10.9 Å². The molecule has 7 heteroatoms. The van der Waals surface area contributed by atoms with E-state index < -0.39 is 0 Å². The highest BCUT2D eigenvalue weighted by Gasteiger charge is 2.31. The van der Waals surface area contributed by atoms with Gasteiger partial charge in [0, 0.05) is 45.2 Å². The lowest BCUT2D eigenvalue weighted by molar-refractivity contribution is -0.135. The Morgan fingerprint density at radius 2 is 1.85 bits per heavy atom. The van der Waals surface area contributed by atoms with E-state index >= 15 is 0 Å². The number of carbonyl (C=O) groups excluding carboxylic acids is 1. The van der Waals surface area contributed by atoms with Crippen LogP contribution in [0.25, 0.3) is 0 Å². The summed E-state index contributed by atoms with van der Waals surface area (Å²) in [6.45, 7) is 10.1. The minimum absolute atomic E-state index is 0. The number of nitrogens with zero attached hydrogens (tertiary/aromatic N) is 3. The zero-order valence-electron chi connectivity index (χ0n) is 16.8. The number of hydrogen-bond acceptors (Lipinski definition) is 3. The third kappa shape index (κ3) is 7.21. The number of likely N-dealkylation sites (N-methyl/N-ethyl adjacent to an activating group) is 1. The molecular formula is C19H38IN5O. The van der Waals surface area contributed by atoms with E-state index in [0.717, 1.165) is 64.5 Å². The van der Waals surface area contributed by atoms with Crippen LogP contribution in [0.15, 0.2) is 4.99 Å². The van der Waals surface area contributed by atoms with E-state index in [0.29, 0.717) is 11.9 Å². The maximum Gasteiger partial charge on any atom is 0.225 e. The van der Waals surface area contributed by atoms with E-state index in [4.69, 9.17) is 0 Å². The molecule has 1 amide bonds. The molecule has 0 aromatic carbocycles. The number of nitrogens with one attached hydrogen (secondary N) is 2. The van der Waals surface area contributed by atoms with Gasteiger partial charge in [-0.2, -0.15) is 0 Å². The maximum absolute atomic E-state index is 12.7. The maximum atomic E-state index is 12.7. The molecule has 2 fully saturated rings. The number of carbonyl (C=O) groups is 1. The predicted molar refractivity (Wildman–Crippen MR) is 119 cm³/mol. The van der Waals surface area contributed by atoms with Crippen LogP contribution in [0.4, 0.5) is 0 Å².